The second kappa shape index (κ2) is 4.67. The number of thioether (sulfide) groups is 1. The van der Waals surface area contributed by atoms with Crippen molar-refractivity contribution in [1.82, 2.24) is 4.98 Å². The van der Waals surface area contributed by atoms with E-state index in [1.165, 1.54) is 11.1 Å². The zero-order valence-electron chi connectivity index (χ0n) is 9.30. The van der Waals surface area contributed by atoms with Gasteiger partial charge in [-0.05, 0) is 25.0 Å². The number of hydrogen-bond donors (Lipinski definition) is 0. The Kier molecular flexibility index (Phi) is 3.04. The molecular formula is C13H12N2S2. The van der Waals surface area contributed by atoms with Crippen LogP contribution in [0.15, 0.2) is 28.6 Å². The third-order valence-electron chi connectivity index (χ3n) is 3.14. The summed E-state index contributed by atoms with van der Waals surface area (Å²) in [5.41, 5.74) is 1.08. The van der Waals surface area contributed by atoms with Crippen LogP contribution in [0, 0.1) is 17.2 Å². The molecule has 0 saturated heterocycles. The number of nitriles is 1. The Bertz CT molecular complexity index is 537. The average Bonchev–Trinajstić information content (AvgIpc) is 2.94. The van der Waals surface area contributed by atoms with Gasteiger partial charge in [-0.25, -0.2) is 4.98 Å². The predicted octanol–water partition coefficient (Wildman–Crippen LogP) is 4.08. The highest BCUT2D eigenvalue weighted by Gasteiger charge is 2.28. The van der Waals surface area contributed by atoms with Crippen molar-refractivity contribution >= 4 is 33.3 Å². The minimum atomic E-state index is 0.215. The molecule has 1 aromatic heterocycles. The zero-order chi connectivity index (χ0) is 11.7. The Morgan fingerprint density at radius 1 is 1.35 bits per heavy atom. The largest absolute Gasteiger partial charge is 0.230 e. The molecule has 0 spiro atoms. The maximum Gasteiger partial charge on any atom is 0.151 e. The van der Waals surface area contributed by atoms with Gasteiger partial charge in [0.2, 0.25) is 0 Å². The van der Waals surface area contributed by atoms with Gasteiger partial charge in [0.05, 0.1) is 22.2 Å². The number of hydrogen-bond acceptors (Lipinski definition) is 4. The second-order valence-electron chi connectivity index (χ2n) is 4.27. The van der Waals surface area contributed by atoms with Crippen molar-refractivity contribution in [3.8, 4) is 6.07 Å². The highest BCUT2D eigenvalue weighted by molar-refractivity contribution is 8.01. The summed E-state index contributed by atoms with van der Waals surface area (Å²) in [5.74, 6) is 0.215. The molecule has 4 heteroatoms. The van der Waals surface area contributed by atoms with Gasteiger partial charge in [-0.15, -0.1) is 11.3 Å². The molecule has 1 saturated carbocycles. The number of para-hydroxylation sites is 1. The molecule has 17 heavy (non-hydrogen) atoms. The lowest BCUT2D eigenvalue weighted by atomic mass is 10.1. The quantitative estimate of drug-likeness (QED) is 0.816. The molecule has 1 aromatic carbocycles. The van der Waals surface area contributed by atoms with Crippen LogP contribution in [-0.2, 0) is 0 Å². The zero-order valence-corrected chi connectivity index (χ0v) is 10.9. The molecule has 0 radical (unpaired) electrons. The number of rotatable bonds is 2. The van der Waals surface area contributed by atoms with Crippen molar-refractivity contribution in [2.75, 3.05) is 0 Å². The molecule has 1 heterocycles. The summed E-state index contributed by atoms with van der Waals surface area (Å²) in [5, 5.41) is 9.52. The van der Waals surface area contributed by atoms with Gasteiger partial charge >= 0.3 is 0 Å². The number of fused-ring (bicyclic) bond motifs is 1. The van der Waals surface area contributed by atoms with Gasteiger partial charge in [-0.1, -0.05) is 30.3 Å². The molecule has 2 aromatic rings. The van der Waals surface area contributed by atoms with Crippen LogP contribution in [0.25, 0.3) is 10.2 Å². The first kappa shape index (κ1) is 11.1. The SMILES string of the molecule is N#CC1CCCC1Sc1nc2ccccc2s1. The van der Waals surface area contributed by atoms with E-state index in [1.54, 1.807) is 23.1 Å². The van der Waals surface area contributed by atoms with Crippen LogP contribution in [0.3, 0.4) is 0 Å². The van der Waals surface area contributed by atoms with Crippen LogP contribution in [0.1, 0.15) is 19.3 Å². The number of nitrogens with zero attached hydrogens (tertiary/aromatic N) is 2. The second-order valence-corrected chi connectivity index (χ2v) is 6.79. The Labute approximate surface area is 109 Å². The van der Waals surface area contributed by atoms with E-state index in [0.29, 0.717) is 5.25 Å². The van der Waals surface area contributed by atoms with Gasteiger partial charge in [0.15, 0.2) is 4.34 Å². The Hall–Kier alpha value is -1.05. The Morgan fingerprint density at radius 3 is 3.06 bits per heavy atom. The van der Waals surface area contributed by atoms with Gasteiger partial charge in [0.1, 0.15) is 0 Å². The van der Waals surface area contributed by atoms with Crippen LogP contribution in [0.2, 0.25) is 0 Å². The number of thiazole rings is 1. The van der Waals surface area contributed by atoms with Gasteiger partial charge in [-0.2, -0.15) is 5.26 Å². The molecule has 1 aliphatic carbocycles. The van der Waals surface area contributed by atoms with E-state index in [4.69, 9.17) is 5.26 Å². The number of aromatic nitrogens is 1. The average molecular weight is 260 g/mol. The maximum absolute atomic E-state index is 9.07. The summed E-state index contributed by atoms with van der Waals surface area (Å²) < 4.78 is 2.35. The van der Waals surface area contributed by atoms with Crippen molar-refractivity contribution in [1.29, 1.82) is 5.26 Å². The first-order chi connectivity index (χ1) is 8.36. The Morgan fingerprint density at radius 2 is 2.24 bits per heavy atom. The molecule has 86 valence electrons. The smallest absolute Gasteiger partial charge is 0.151 e. The van der Waals surface area contributed by atoms with Crippen LogP contribution in [0.4, 0.5) is 0 Å². The molecule has 0 bridgehead atoms. The molecule has 0 amide bonds. The molecule has 1 fully saturated rings. The summed E-state index contributed by atoms with van der Waals surface area (Å²) in [6.45, 7) is 0. The van der Waals surface area contributed by atoms with E-state index in [2.05, 4.69) is 17.1 Å². The fourth-order valence-electron chi connectivity index (χ4n) is 2.25. The van der Waals surface area contributed by atoms with Crippen molar-refractivity contribution in [3.05, 3.63) is 24.3 Å². The molecule has 2 unspecified atom stereocenters. The van der Waals surface area contributed by atoms with Crippen molar-refractivity contribution in [2.24, 2.45) is 5.92 Å². The van der Waals surface area contributed by atoms with Crippen molar-refractivity contribution < 1.29 is 0 Å². The van der Waals surface area contributed by atoms with E-state index < -0.39 is 0 Å². The van der Waals surface area contributed by atoms with Crippen LogP contribution in [0.5, 0.6) is 0 Å². The summed E-state index contributed by atoms with van der Waals surface area (Å²) >= 11 is 3.53. The molecule has 3 rings (SSSR count). The first-order valence-electron chi connectivity index (χ1n) is 5.78. The van der Waals surface area contributed by atoms with Gasteiger partial charge in [0.25, 0.3) is 0 Å². The highest BCUT2D eigenvalue weighted by atomic mass is 32.2. The summed E-state index contributed by atoms with van der Waals surface area (Å²) in [6, 6.07) is 10.6. The molecule has 0 aliphatic heterocycles. The lowest BCUT2D eigenvalue weighted by Crippen LogP contribution is -2.06. The Balaban J connectivity index is 1.83. The molecule has 0 N–H and O–H groups in total. The lowest BCUT2D eigenvalue weighted by molar-refractivity contribution is 0.714. The van der Waals surface area contributed by atoms with E-state index in [0.717, 1.165) is 22.7 Å². The standard InChI is InChI=1S/C13H12N2S2/c14-8-9-4-3-7-11(9)16-13-15-10-5-1-2-6-12(10)17-13/h1-2,5-6,9,11H,3-4,7H2. The molecule has 2 nitrogen and oxygen atoms in total. The third-order valence-corrected chi connectivity index (χ3v) is 5.67. The summed E-state index contributed by atoms with van der Waals surface area (Å²) in [6.07, 6.45) is 3.39. The van der Waals surface area contributed by atoms with Crippen LogP contribution < -0.4 is 0 Å². The van der Waals surface area contributed by atoms with Crippen LogP contribution in [-0.4, -0.2) is 10.2 Å². The highest BCUT2D eigenvalue weighted by Crippen LogP contribution is 2.41. The van der Waals surface area contributed by atoms with Crippen LogP contribution >= 0.6 is 23.1 Å². The summed E-state index contributed by atoms with van der Waals surface area (Å²) in [4.78, 5) is 4.62. The van der Waals surface area contributed by atoms with Gasteiger partial charge in [0, 0.05) is 5.25 Å². The maximum atomic E-state index is 9.07. The lowest BCUT2D eigenvalue weighted by Gasteiger charge is -2.09. The van der Waals surface area contributed by atoms with E-state index in [9.17, 15) is 0 Å². The van der Waals surface area contributed by atoms with E-state index >= 15 is 0 Å². The molecule has 1 aliphatic rings. The topological polar surface area (TPSA) is 36.7 Å². The number of benzene rings is 1. The van der Waals surface area contributed by atoms with E-state index in [1.807, 2.05) is 18.2 Å². The van der Waals surface area contributed by atoms with Crippen molar-refractivity contribution in [2.45, 2.75) is 28.9 Å². The third kappa shape index (κ3) is 2.18. The predicted molar refractivity (Wildman–Crippen MR) is 72.2 cm³/mol. The fourth-order valence-corrected chi connectivity index (χ4v) is 4.83. The monoisotopic (exact) mass is 260 g/mol. The van der Waals surface area contributed by atoms with Gasteiger partial charge < -0.3 is 0 Å². The van der Waals surface area contributed by atoms with E-state index in [-0.39, 0.29) is 5.92 Å². The minimum Gasteiger partial charge on any atom is -0.230 e. The van der Waals surface area contributed by atoms with Gasteiger partial charge in [-0.3, -0.25) is 0 Å². The normalized spacial score (nSPS) is 23.9. The first-order valence-corrected chi connectivity index (χ1v) is 7.48. The molecular weight excluding hydrogens is 248 g/mol. The minimum absolute atomic E-state index is 0.215. The fraction of sp³-hybridized carbons (Fsp3) is 0.385. The summed E-state index contributed by atoms with van der Waals surface area (Å²) in [7, 11) is 0. The molecule has 2 atom stereocenters. The van der Waals surface area contributed by atoms with Crippen molar-refractivity contribution in [3.63, 3.8) is 0 Å².